The van der Waals surface area contributed by atoms with Crippen LogP contribution in [-0.2, 0) is 14.8 Å². The molecule has 2 aromatic rings. The summed E-state index contributed by atoms with van der Waals surface area (Å²) < 4.78 is 37.2. The molecule has 0 aliphatic carbocycles. The zero-order valence-corrected chi connectivity index (χ0v) is 13.7. The van der Waals surface area contributed by atoms with Crippen molar-refractivity contribution < 1.29 is 22.8 Å². The van der Waals surface area contributed by atoms with Gasteiger partial charge in [-0.1, -0.05) is 0 Å². The van der Waals surface area contributed by atoms with Crippen molar-refractivity contribution in [3.8, 4) is 5.75 Å². The molecule has 1 N–H and O–H groups in total. The molecule has 24 heavy (non-hydrogen) atoms. The molecule has 0 spiro atoms. The zero-order chi connectivity index (χ0) is 17.6. The van der Waals surface area contributed by atoms with E-state index in [0.29, 0.717) is 24.7 Å². The molecule has 0 bridgehead atoms. The van der Waals surface area contributed by atoms with Gasteiger partial charge >= 0.3 is 0 Å². The highest BCUT2D eigenvalue weighted by Crippen LogP contribution is 2.21. The maximum Gasteiger partial charge on any atom is 0.269 e. The van der Waals surface area contributed by atoms with Crippen LogP contribution in [0.15, 0.2) is 53.4 Å². The van der Waals surface area contributed by atoms with Gasteiger partial charge in [0.1, 0.15) is 12.4 Å². The number of non-ortho nitro benzene ring substituents is 1. The van der Waals surface area contributed by atoms with Crippen LogP contribution in [0.1, 0.15) is 0 Å². The fourth-order valence-corrected chi connectivity index (χ4v) is 2.88. The van der Waals surface area contributed by atoms with Crippen molar-refractivity contribution in [3.05, 3.63) is 58.6 Å². The van der Waals surface area contributed by atoms with Gasteiger partial charge < -0.3 is 9.47 Å². The number of anilines is 1. The SMILES string of the molecule is COCCOc1ccc(NS(=O)(=O)c2ccc([N+](=O)[O-])cc2)cc1. The Bertz CT molecular complexity index is 788. The van der Waals surface area contributed by atoms with Gasteiger partial charge in [0.2, 0.25) is 0 Å². The molecule has 0 unspecified atom stereocenters. The third-order valence-electron chi connectivity index (χ3n) is 3.02. The average Bonchev–Trinajstić information content (AvgIpc) is 2.56. The van der Waals surface area contributed by atoms with Crippen LogP contribution in [0.25, 0.3) is 0 Å². The lowest BCUT2D eigenvalue weighted by atomic mass is 10.3. The van der Waals surface area contributed by atoms with Gasteiger partial charge in [0.15, 0.2) is 0 Å². The van der Waals surface area contributed by atoms with E-state index in [1.165, 1.54) is 12.1 Å². The highest BCUT2D eigenvalue weighted by molar-refractivity contribution is 7.92. The summed E-state index contributed by atoms with van der Waals surface area (Å²) in [6.45, 7) is 0.846. The number of ether oxygens (including phenoxy) is 2. The number of nitrogens with zero attached hydrogens (tertiary/aromatic N) is 1. The van der Waals surface area contributed by atoms with Crippen molar-refractivity contribution in [2.24, 2.45) is 0 Å². The van der Waals surface area contributed by atoms with Crippen LogP contribution in [-0.4, -0.2) is 33.7 Å². The van der Waals surface area contributed by atoms with Crippen molar-refractivity contribution in [1.82, 2.24) is 0 Å². The largest absolute Gasteiger partial charge is 0.491 e. The maximum atomic E-state index is 12.2. The molecule has 2 rings (SSSR count). The first-order chi connectivity index (χ1) is 11.4. The minimum absolute atomic E-state index is 0.0616. The number of hydrogen-bond donors (Lipinski definition) is 1. The van der Waals surface area contributed by atoms with E-state index in [4.69, 9.17) is 9.47 Å². The van der Waals surface area contributed by atoms with E-state index in [2.05, 4.69) is 4.72 Å². The summed E-state index contributed by atoms with van der Waals surface area (Å²) in [4.78, 5) is 9.95. The number of nitro benzene ring substituents is 1. The Morgan fingerprint density at radius 2 is 1.67 bits per heavy atom. The summed E-state index contributed by atoms with van der Waals surface area (Å²) in [5.74, 6) is 0.588. The molecule has 0 amide bonds. The maximum absolute atomic E-state index is 12.2. The predicted molar refractivity (Wildman–Crippen MR) is 87.7 cm³/mol. The fourth-order valence-electron chi connectivity index (χ4n) is 1.82. The molecule has 0 saturated carbocycles. The zero-order valence-electron chi connectivity index (χ0n) is 12.8. The summed E-state index contributed by atoms with van der Waals surface area (Å²) >= 11 is 0. The second-order valence-corrected chi connectivity index (χ2v) is 6.40. The summed E-state index contributed by atoms with van der Waals surface area (Å²) in [7, 11) is -2.25. The Labute approximate surface area is 139 Å². The Hall–Kier alpha value is -2.65. The van der Waals surface area contributed by atoms with Gasteiger partial charge in [0.05, 0.1) is 16.4 Å². The molecule has 0 aliphatic rings. The minimum Gasteiger partial charge on any atom is -0.491 e. The molecule has 0 saturated heterocycles. The third-order valence-corrected chi connectivity index (χ3v) is 4.42. The van der Waals surface area contributed by atoms with Crippen LogP contribution in [0.4, 0.5) is 11.4 Å². The lowest BCUT2D eigenvalue weighted by Gasteiger charge is -2.09. The summed E-state index contributed by atoms with van der Waals surface area (Å²) in [6.07, 6.45) is 0. The van der Waals surface area contributed by atoms with Gasteiger partial charge in [-0.25, -0.2) is 8.42 Å². The Morgan fingerprint density at radius 1 is 1.04 bits per heavy atom. The molecule has 0 fully saturated rings. The van der Waals surface area contributed by atoms with E-state index >= 15 is 0 Å². The van der Waals surface area contributed by atoms with E-state index in [0.717, 1.165) is 12.1 Å². The van der Waals surface area contributed by atoms with Crippen molar-refractivity contribution in [1.29, 1.82) is 0 Å². The molecule has 0 heterocycles. The molecular formula is C15H16N2O6S. The minimum atomic E-state index is -3.82. The second kappa shape index (κ2) is 7.75. The van der Waals surface area contributed by atoms with Crippen LogP contribution in [0, 0.1) is 10.1 Å². The monoisotopic (exact) mass is 352 g/mol. The molecular weight excluding hydrogens is 336 g/mol. The van der Waals surface area contributed by atoms with Gasteiger partial charge in [0, 0.05) is 24.9 Å². The highest BCUT2D eigenvalue weighted by atomic mass is 32.2. The Balaban J connectivity index is 2.07. The average molecular weight is 352 g/mol. The van der Waals surface area contributed by atoms with Gasteiger partial charge in [-0.05, 0) is 36.4 Å². The third kappa shape index (κ3) is 4.67. The molecule has 128 valence electrons. The Morgan fingerprint density at radius 3 is 2.21 bits per heavy atom. The predicted octanol–water partition coefficient (Wildman–Crippen LogP) is 2.42. The van der Waals surface area contributed by atoms with Crippen molar-refractivity contribution in [2.45, 2.75) is 4.90 Å². The summed E-state index contributed by atoms with van der Waals surface area (Å²) in [5, 5.41) is 10.6. The second-order valence-electron chi connectivity index (χ2n) is 4.72. The molecule has 0 aliphatic heterocycles. The number of nitro groups is 1. The first kappa shape index (κ1) is 17.7. The van der Waals surface area contributed by atoms with Crippen LogP contribution in [0.3, 0.4) is 0 Å². The molecule has 0 aromatic heterocycles. The topological polar surface area (TPSA) is 108 Å². The molecule has 9 heteroatoms. The lowest BCUT2D eigenvalue weighted by Crippen LogP contribution is -2.13. The number of methoxy groups -OCH3 is 1. The first-order valence-electron chi connectivity index (χ1n) is 6.91. The smallest absolute Gasteiger partial charge is 0.269 e. The fraction of sp³-hybridized carbons (Fsp3) is 0.200. The molecule has 8 nitrogen and oxygen atoms in total. The molecule has 0 radical (unpaired) electrons. The van der Waals surface area contributed by atoms with Crippen molar-refractivity contribution in [3.63, 3.8) is 0 Å². The highest BCUT2D eigenvalue weighted by Gasteiger charge is 2.16. The number of rotatable bonds is 8. The normalized spacial score (nSPS) is 11.0. The van der Waals surface area contributed by atoms with Gasteiger partial charge in [-0.3, -0.25) is 14.8 Å². The van der Waals surface area contributed by atoms with E-state index < -0.39 is 14.9 Å². The van der Waals surface area contributed by atoms with E-state index in [1.807, 2.05) is 0 Å². The van der Waals surface area contributed by atoms with E-state index in [-0.39, 0.29) is 10.6 Å². The summed E-state index contributed by atoms with van der Waals surface area (Å²) in [6, 6.07) is 11.0. The number of benzene rings is 2. The Kier molecular flexibility index (Phi) is 5.72. The summed E-state index contributed by atoms with van der Waals surface area (Å²) in [5.41, 5.74) is 0.180. The molecule has 2 aromatic carbocycles. The van der Waals surface area contributed by atoms with Crippen molar-refractivity contribution in [2.75, 3.05) is 25.0 Å². The van der Waals surface area contributed by atoms with Crippen molar-refractivity contribution >= 4 is 21.4 Å². The lowest BCUT2D eigenvalue weighted by molar-refractivity contribution is -0.384. The van der Waals surface area contributed by atoms with Crippen LogP contribution in [0.5, 0.6) is 5.75 Å². The van der Waals surface area contributed by atoms with Gasteiger partial charge in [-0.15, -0.1) is 0 Å². The number of hydrogen-bond acceptors (Lipinski definition) is 6. The number of nitrogens with one attached hydrogen (secondary N) is 1. The van der Waals surface area contributed by atoms with Gasteiger partial charge in [-0.2, -0.15) is 0 Å². The van der Waals surface area contributed by atoms with Crippen LogP contribution in [0.2, 0.25) is 0 Å². The van der Waals surface area contributed by atoms with E-state index in [9.17, 15) is 18.5 Å². The van der Waals surface area contributed by atoms with Crippen LogP contribution < -0.4 is 9.46 Å². The van der Waals surface area contributed by atoms with E-state index in [1.54, 1.807) is 31.4 Å². The first-order valence-corrected chi connectivity index (χ1v) is 8.40. The standard InChI is InChI=1S/C15H16N2O6S/c1-22-10-11-23-14-6-2-12(3-7-14)16-24(20,21)15-8-4-13(5-9-15)17(18)19/h2-9,16H,10-11H2,1H3. The quantitative estimate of drug-likeness (QED) is 0.444. The van der Waals surface area contributed by atoms with Gasteiger partial charge in [0.25, 0.3) is 15.7 Å². The van der Waals surface area contributed by atoms with Crippen LogP contribution >= 0.6 is 0 Å². The number of sulfonamides is 1. The molecule has 0 atom stereocenters.